The van der Waals surface area contributed by atoms with Crippen LogP contribution < -0.4 is 5.32 Å². The summed E-state index contributed by atoms with van der Waals surface area (Å²) in [6, 6.07) is 4.18. The van der Waals surface area contributed by atoms with Crippen LogP contribution in [0.15, 0.2) is 18.3 Å². The molecule has 0 aliphatic carbocycles. The summed E-state index contributed by atoms with van der Waals surface area (Å²) in [4.78, 5) is 7.17. The van der Waals surface area contributed by atoms with Gasteiger partial charge in [0, 0.05) is 31.4 Å². The minimum Gasteiger partial charge on any atom is -0.316 e. The third-order valence-corrected chi connectivity index (χ3v) is 4.98. The van der Waals surface area contributed by atoms with E-state index < -0.39 is 0 Å². The topological polar surface area (TPSA) is 28.2 Å². The number of rotatable bonds is 2. The van der Waals surface area contributed by atoms with Gasteiger partial charge in [0.15, 0.2) is 0 Å². The number of aromatic nitrogens is 1. The molecule has 1 aromatic heterocycles. The molecule has 3 heterocycles. The Balaban J connectivity index is 1.80. The Labute approximate surface area is 110 Å². The third kappa shape index (κ3) is 1.86. The van der Waals surface area contributed by atoms with Gasteiger partial charge in [-0.1, -0.05) is 6.07 Å². The molecule has 2 saturated heterocycles. The number of hydrogen-bond acceptors (Lipinski definition) is 3. The summed E-state index contributed by atoms with van der Waals surface area (Å²) >= 11 is 0. The van der Waals surface area contributed by atoms with Gasteiger partial charge in [0.2, 0.25) is 0 Å². The minimum atomic E-state index is 0.290. The second kappa shape index (κ2) is 4.32. The van der Waals surface area contributed by atoms with Crippen molar-refractivity contribution in [2.75, 3.05) is 19.6 Å². The van der Waals surface area contributed by atoms with E-state index in [1.54, 1.807) is 0 Å². The Kier molecular flexibility index (Phi) is 2.91. The lowest BCUT2D eigenvalue weighted by Gasteiger charge is -2.35. The zero-order chi connectivity index (χ0) is 12.8. The van der Waals surface area contributed by atoms with Crippen LogP contribution in [0.3, 0.4) is 0 Å². The highest BCUT2D eigenvalue weighted by Crippen LogP contribution is 2.41. The predicted octanol–water partition coefficient (Wildman–Crippen LogP) is 1.82. The second-order valence-electron chi connectivity index (χ2n) is 6.33. The second-order valence-corrected chi connectivity index (χ2v) is 6.33. The average Bonchev–Trinajstić information content (AvgIpc) is 2.87. The monoisotopic (exact) mass is 245 g/mol. The zero-order valence-corrected chi connectivity index (χ0v) is 11.6. The van der Waals surface area contributed by atoms with Gasteiger partial charge < -0.3 is 5.32 Å². The Morgan fingerprint density at radius 2 is 2.28 bits per heavy atom. The Morgan fingerprint density at radius 3 is 3.00 bits per heavy atom. The van der Waals surface area contributed by atoms with Crippen molar-refractivity contribution in [3.05, 3.63) is 29.6 Å². The molecule has 0 spiro atoms. The first-order chi connectivity index (χ1) is 8.59. The fraction of sp³-hybridized carbons (Fsp3) is 0.667. The van der Waals surface area contributed by atoms with Crippen LogP contribution in [0.25, 0.3) is 0 Å². The molecular weight excluding hydrogens is 222 g/mol. The van der Waals surface area contributed by atoms with Crippen LogP contribution in [0.1, 0.15) is 25.1 Å². The fourth-order valence-electron chi connectivity index (χ4n) is 3.64. The highest BCUT2D eigenvalue weighted by atomic mass is 15.3. The molecule has 1 aromatic rings. The molecule has 2 aliphatic rings. The van der Waals surface area contributed by atoms with E-state index >= 15 is 0 Å². The normalized spacial score (nSPS) is 30.6. The Bertz CT molecular complexity index is 441. The summed E-state index contributed by atoms with van der Waals surface area (Å²) in [6.45, 7) is 11.5. The van der Waals surface area contributed by atoms with E-state index in [0.717, 1.165) is 18.4 Å². The van der Waals surface area contributed by atoms with Crippen molar-refractivity contribution in [1.29, 1.82) is 0 Å². The summed E-state index contributed by atoms with van der Waals surface area (Å²) in [5, 5.41) is 3.53. The number of hydrogen-bond donors (Lipinski definition) is 1. The standard InChI is InChI=1S/C15H23N3/c1-11-5-4-6-17-14(11)10-18-9-12-7-16-8-13(12)15(18,2)3/h4-6,12-13,16H,7-10H2,1-3H3. The van der Waals surface area contributed by atoms with Gasteiger partial charge in [-0.3, -0.25) is 9.88 Å². The van der Waals surface area contributed by atoms with Crippen LogP contribution in [0.4, 0.5) is 0 Å². The van der Waals surface area contributed by atoms with E-state index in [2.05, 4.69) is 42.0 Å². The number of fused-ring (bicyclic) bond motifs is 1. The van der Waals surface area contributed by atoms with Crippen LogP contribution in [0.5, 0.6) is 0 Å². The maximum atomic E-state index is 4.54. The van der Waals surface area contributed by atoms with E-state index in [1.165, 1.54) is 30.9 Å². The predicted molar refractivity (Wildman–Crippen MR) is 73.3 cm³/mol. The quantitative estimate of drug-likeness (QED) is 0.861. The van der Waals surface area contributed by atoms with E-state index in [-0.39, 0.29) is 5.54 Å². The highest BCUT2D eigenvalue weighted by Gasteiger charge is 2.49. The molecule has 2 atom stereocenters. The molecule has 2 aliphatic heterocycles. The average molecular weight is 245 g/mol. The number of nitrogens with zero attached hydrogens (tertiary/aromatic N) is 2. The summed E-state index contributed by atoms with van der Waals surface area (Å²) in [6.07, 6.45) is 1.91. The maximum absolute atomic E-state index is 4.54. The lowest BCUT2D eigenvalue weighted by molar-refractivity contribution is 0.130. The van der Waals surface area contributed by atoms with E-state index in [0.29, 0.717) is 0 Å². The van der Waals surface area contributed by atoms with Gasteiger partial charge in [-0.2, -0.15) is 0 Å². The van der Waals surface area contributed by atoms with Crippen molar-refractivity contribution < 1.29 is 0 Å². The summed E-state index contributed by atoms with van der Waals surface area (Å²) in [5.41, 5.74) is 2.83. The number of aryl methyl sites for hydroxylation is 1. The van der Waals surface area contributed by atoms with E-state index in [1.807, 2.05) is 12.3 Å². The van der Waals surface area contributed by atoms with E-state index in [9.17, 15) is 0 Å². The highest BCUT2D eigenvalue weighted by molar-refractivity contribution is 5.18. The van der Waals surface area contributed by atoms with E-state index in [4.69, 9.17) is 0 Å². The first-order valence-corrected chi connectivity index (χ1v) is 6.95. The van der Waals surface area contributed by atoms with Crippen LogP contribution in [0.2, 0.25) is 0 Å². The molecule has 18 heavy (non-hydrogen) atoms. The number of nitrogens with one attached hydrogen (secondary N) is 1. The van der Waals surface area contributed by atoms with Gasteiger partial charge in [-0.05, 0) is 50.8 Å². The first-order valence-electron chi connectivity index (χ1n) is 6.95. The lowest BCUT2D eigenvalue weighted by Crippen LogP contribution is -2.44. The molecule has 2 unspecified atom stereocenters. The molecular formula is C15H23N3. The lowest BCUT2D eigenvalue weighted by atomic mass is 9.85. The largest absolute Gasteiger partial charge is 0.316 e. The van der Waals surface area contributed by atoms with Crippen molar-refractivity contribution in [2.24, 2.45) is 11.8 Å². The molecule has 1 N–H and O–H groups in total. The van der Waals surface area contributed by atoms with Crippen molar-refractivity contribution in [3.63, 3.8) is 0 Å². The molecule has 0 radical (unpaired) electrons. The maximum Gasteiger partial charge on any atom is 0.0573 e. The molecule has 0 amide bonds. The molecule has 3 rings (SSSR count). The van der Waals surface area contributed by atoms with Gasteiger partial charge >= 0.3 is 0 Å². The molecule has 0 saturated carbocycles. The van der Waals surface area contributed by atoms with Gasteiger partial charge in [0.25, 0.3) is 0 Å². The van der Waals surface area contributed by atoms with Gasteiger partial charge in [0.05, 0.1) is 5.69 Å². The molecule has 3 heteroatoms. The van der Waals surface area contributed by atoms with Crippen LogP contribution in [-0.2, 0) is 6.54 Å². The van der Waals surface area contributed by atoms with Crippen molar-refractivity contribution in [2.45, 2.75) is 32.9 Å². The Morgan fingerprint density at radius 1 is 1.44 bits per heavy atom. The number of pyridine rings is 1. The smallest absolute Gasteiger partial charge is 0.0573 e. The first kappa shape index (κ1) is 12.1. The van der Waals surface area contributed by atoms with Crippen molar-refractivity contribution >= 4 is 0 Å². The molecule has 3 nitrogen and oxygen atoms in total. The van der Waals surface area contributed by atoms with Crippen molar-refractivity contribution in [1.82, 2.24) is 15.2 Å². The summed E-state index contributed by atoms with van der Waals surface area (Å²) in [5.74, 6) is 1.62. The summed E-state index contributed by atoms with van der Waals surface area (Å²) in [7, 11) is 0. The molecule has 98 valence electrons. The Hall–Kier alpha value is -0.930. The fourth-order valence-corrected chi connectivity index (χ4v) is 3.64. The third-order valence-electron chi connectivity index (χ3n) is 4.98. The minimum absolute atomic E-state index is 0.290. The van der Waals surface area contributed by atoms with Crippen LogP contribution in [0, 0.1) is 18.8 Å². The van der Waals surface area contributed by atoms with Crippen LogP contribution >= 0.6 is 0 Å². The molecule has 2 fully saturated rings. The number of likely N-dealkylation sites (tertiary alicyclic amines) is 1. The summed E-state index contributed by atoms with van der Waals surface area (Å²) < 4.78 is 0. The van der Waals surface area contributed by atoms with Crippen LogP contribution in [-0.4, -0.2) is 35.1 Å². The van der Waals surface area contributed by atoms with Gasteiger partial charge in [0.1, 0.15) is 0 Å². The molecule has 0 bridgehead atoms. The molecule has 0 aromatic carbocycles. The van der Waals surface area contributed by atoms with Gasteiger partial charge in [-0.25, -0.2) is 0 Å². The zero-order valence-electron chi connectivity index (χ0n) is 11.6. The van der Waals surface area contributed by atoms with Crippen molar-refractivity contribution in [3.8, 4) is 0 Å². The SMILES string of the molecule is Cc1cccnc1CN1CC2CNCC2C1(C)C. The van der Waals surface area contributed by atoms with Gasteiger partial charge in [-0.15, -0.1) is 0 Å².